The standard InChI is InChI=1S/C15H14F2N2O3S2/c16-10-5-6-11(17)12(9-10)18-15(20)13-3-1-7-19(13)24(21,22)14-4-2-8-23-14/h2,4-6,8-9,13H,1,3,7H2,(H,18,20)/t13-/m1/s1. The summed E-state index contributed by atoms with van der Waals surface area (Å²) in [6, 6.07) is 4.85. The van der Waals surface area contributed by atoms with Gasteiger partial charge in [-0.05, 0) is 36.4 Å². The van der Waals surface area contributed by atoms with Crippen LogP contribution in [0.15, 0.2) is 39.9 Å². The van der Waals surface area contributed by atoms with Crippen LogP contribution in [0.1, 0.15) is 12.8 Å². The molecule has 1 saturated heterocycles. The van der Waals surface area contributed by atoms with Crippen molar-refractivity contribution in [2.75, 3.05) is 11.9 Å². The number of carbonyl (C=O) groups is 1. The summed E-state index contributed by atoms with van der Waals surface area (Å²) in [7, 11) is -3.78. The molecule has 1 atom stereocenters. The van der Waals surface area contributed by atoms with Gasteiger partial charge in [0.2, 0.25) is 5.91 Å². The first-order chi connectivity index (χ1) is 11.4. The van der Waals surface area contributed by atoms with Crippen molar-refractivity contribution in [2.24, 2.45) is 0 Å². The zero-order chi connectivity index (χ0) is 17.3. The van der Waals surface area contributed by atoms with Gasteiger partial charge >= 0.3 is 0 Å². The Morgan fingerprint density at radius 1 is 1.29 bits per heavy atom. The zero-order valence-electron chi connectivity index (χ0n) is 12.4. The van der Waals surface area contributed by atoms with Gasteiger partial charge in [-0.15, -0.1) is 11.3 Å². The van der Waals surface area contributed by atoms with Gasteiger partial charge < -0.3 is 5.32 Å². The molecule has 0 saturated carbocycles. The minimum atomic E-state index is -3.78. The molecule has 0 radical (unpaired) electrons. The Kier molecular flexibility index (Phi) is 4.66. The fourth-order valence-electron chi connectivity index (χ4n) is 2.63. The van der Waals surface area contributed by atoms with E-state index in [1.807, 2.05) is 0 Å². The van der Waals surface area contributed by atoms with E-state index in [2.05, 4.69) is 5.32 Å². The maximum Gasteiger partial charge on any atom is 0.253 e. The van der Waals surface area contributed by atoms with Crippen LogP contribution in [0, 0.1) is 11.6 Å². The molecule has 9 heteroatoms. The van der Waals surface area contributed by atoms with Crippen molar-refractivity contribution < 1.29 is 22.0 Å². The first kappa shape index (κ1) is 17.0. The van der Waals surface area contributed by atoms with E-state index in [0.29, 0.717) is 12.8 Å². The summed E-state index contributed by atoms with van der Waals surface area (Å²) in [4.78, 5) is 12.4. The molecule has 1 aliphatic rings. The van der Waals surface area contributed by atoms with Crippen molar-refractivity contribution in [1.29, 1.82) is 0 Å². The molecule has 2 heterocycles. The number of halogens is 2. The van der Waals surface area contributed by atoms with Crippen molar-refractivity contribution in [3.8, 4) is 0 Å². The third kappa shape index (κ3) is 3.19. The number of carbonyl (C=O) groups excluding carboxylic acids is 1. The minimum Gasteiger partial charge on any atom is -0.322 e. The molecule has 1 aliphatic heterocycles. The fraction of sp³-hybridized carbons (Fsp3) is 0.267. The number of nitrogens with zero attached hydrogens (tertiary/aromatic N) is 1. The first-order valence-electron chi connectivity index (χ1n) is 7.21. The Balaban J connectivity index is 1.83. The second kappa shape index (κ2) is 6.58. The highest BCUT2D eigenvalue weighted by molar-refractivity contribution is 7.91. The number of rotatable bonds is 4. The smallest absolute Gasteiger partial charge is 0.253 e. The average molecular weight is 372 g/mol. The molecule has 1 fully saturated rings. The summed E-state index contributed by atoms with van der Waals surface area (Å²) < 4.78 is 53.3. The number of benzene rings is 1. The van der Waals surface area contributed by atoms with Crippen molar-refractivity contribution in [2.45, 2.75) is 23.1 Å². The topological polar surface area (TPSA) is 66.5 Å². The fourth-order valence-corrected chi connectivity index (χ4v) is 5.40. The highest BCUT2D eigenvalue weighted by Crippen LogP contribution is 2.29. The summed E-state index contributed by atoms with van der Waals surface area (Å²) in [5, 5.41) is 3.92. The average Bonchev–Trinajstić information content (AvgIpc) is 3.21. The van der Waals surface area contributed by atoms with Gasteiger partial charge in [-0.3, -0.25) is 4.79 Å². The van der Waals surface area contributed by atoms with E-state index in [4.69, 9.17) is 0 Å². The van der Waals surface area contributed by atoms with E-state index in [1.54, 1.807) is 11.4 Å². The lowest BCUT2D eigenvalue weighted by Crippen LogP contribution is -2.43. The van der Waals surface area contributed by atoms with Crippen LogP contribution < -0.4 is 5.32 Å². The number of sulfonamides is 1. The molecule has 5 nitrogen and oxygen atoms in total. The van der Waals surface area contributed by atoms with Gasteiger partial charge in [-0.1, -0.05) is 6.07 Å². The van der Waals surface area contributed by atoms with E-state index < -0.39 is 33.6 Å². The maximum absolute atomic E-state index is 13.7. The van der Waals surface area contributed by atoms with E-state index >= 15 is 0 Å². The number of thiophene rings is 1. The van der Waals surface area contributed by atoms with Crippen LogP contribution in [0.2, 0.25) is 0 Å². The van der Waals surface area contributed by atoms with E-state index in [9.17, 15) is 22.0 Å². The Hall–Kier alpha value is -1.84. The predicted octanol–water partition coefficient (Wildman–Crippen LogP) is 2.82. The number of nitrogens with one attached hydrogen (secondary N) is 1. The van der Waals surface area contributed by atoms with Crippen LogP contribution >= 0.6 is 11.3 Å². The van der Waals surface area contributed by atoms with Gasteiger partial charge in [0.15, 0.2) is 0 Å². The molecule has 1 aromatic carbocycles. The monoisotopic (exact) mass is 372 g/mol. The molecular formula is C15H14F2N2O3S2. The Labute approximate surface area is 142 Å². The maximum atomic E-state index is 13.7. The summed E-state index contributed by atoms with van der Waals surface area (Å²) in [5.41, 5.74) is -0.305. The Bertz CT molecular complexity index is 854. The highest BCUT2D eigenvalue weighted by atomic mass is 32.2. The summed E-state index contributed by atoms with van der Waals surface area (Å²) >= 11 is 1.07. The van der Waals surface area contributed by atoms with E-state index in [0.717, 1.165) is 33.8 Å². The van der Waals surface area contributed by atoms with Crippen LogP contribution in [0.4, 0.5) is 14.5 Å². The van der Waals surface area contributed by atoms with Crippen molar-refractivity contribution in [1.82, 2.24) is 4.31 Å². The van der Waals surface area contributed by atoms with Crippen LogP contribution in [0.5, 0.6) is 0 Å². The normalized spacial score (nSPS) is 18.7. The summed E-state index contributed by atoms with van der Waals surface area (Å²) in [5.74, 6) is -2.14. The first-order valence-corrected chi connectivity index (χ1v) is 9.53. The van der Waals surface area contributed by atoms with Crippen LogP contribution in [-0.4, -0.2) is 31.2 Å². The molecule has 3 rings (SSSR count). The minimum absolute atomic E-state index is 0.152. The lowest BCUT2D eigenvalue weighted by Gasteiger charge is -2.22. The third-order valence-electron chi connectivity index (χ3n) is 3.75. The van der Waals surface area contributed by atoms with Crippen molar-refractivity contribution in [3.63, 3.8) is 0 Å². The van der Waals surface area contributed by atoms with Gasteiger partial charge in [0.05, 0.1) is 5.69 Å². The van der Waals surface area contributed by atoms with Crippen LogP contribution in [-0.2, 0) is 14.8 Å². The third-order valence-corrected chi connectivity index (χ3v) is 7.03. The summed E-state index contributed by atoms with van der Waals surface area (Å²) in [6.45, 7) is 0.212. The van der Waals surface area contributed by atoms with Gasteiger partial charge in [-0.25, -0.2) is 17.2 Å². The second-order valence-corrected chi connectivity index (χ2v) is 8.38. The molecule has 0 aliphatic carbocycles. The SMILES string of the molecule is O=C(Nc1cc(F)ccc1F)[C@H]1CCCN1S(=O)(=O)c1cccs1. The molecular weight excluding hydrogens is 358 g/mol. The molecule has 0 spiro atoms. The van der Waals surface area contributed by atoms with Crippen molar-refractivity contribution in [3.05, 3.63) is 47.3 Å². The molecule has 0 unspecified atom stereocenters. The lowest BCUT2D eigenvalue weighted by atomic mass is 10.2. The molecule has 1 amide bonds. The highest BCUT2D eigenvalue weighted by Gasteiger charge is 2.40. The number of amides is 1. The Morgan fingerprint density at radius 2 is 2.08 bits per heavy atom. The predicted molar refractivity (Wildman–Crippen MR) is 86.2 cm³/mol. The van der Waals surface area contributed by atoms with Gasteiger partial charge in [-0.2, -0.15) is 4.31 Å². The Morgan fingerprint density at radius 3 is 2.79 bits per heavy atom. The summed E-state index contributed by atoms with van der Waals surface area (Å²) in [6.07, 6.45) is 0.849. The van der Waals surface area contributed by atoms with Crippen molar-refractivity contribution >= 4 is 33.0 Å². The van der Waals surface area contributed by atoms with Gasteiger partial charge in [0.1, 0.15) is 21.9 Å². The molecule has 128 valence electrons. The van der Waals surface area contributed by atoms with Gasteiger partial charge in [0, 0.05) is 12.6 Å². The number of hydrogen-bond acceptors (Lipinski definition) is 4. The zero-order valence-corrected chi connectivity index (χ0v) is 14.0. The molecule has 24 heavy (non-hydrogen) atoms. The van der Waals surface area contributed by atoms with Gasteiger partial charge in [0.25, 0.3) is 10.0 Å². The van der Waals surface area contributed by atoms with E-state index in [-0.39, 0.29) is 16.4 Å². The van der Waals surface area contributed by atoms with Crippen LogP contribution in [0.3, 0.4) is 0 Å². The number of hydrogen-bond donors (Lipinski definition) is 1. The number of anilines is 1. The van der Waals surface area contributed by atoms with Crippen LogP contribution in [0.25, 0.3) is 0 Å². The second-order valence-electron chi connectivity index (χ2n) is 5.32. The lowest BCUT2D eigenvalue weighted by molar-refractivity contribution is -0.119. The van der Waals surface area contributed by atoms with E-state index in [1.165, 1.54) is 6.07 Å². The quantitative estimate of drug-likeness (QED) is 0.897. The molecule has 1 N–H and O–H groups in total. The molecule has 2 aromatic rings. The molecule has 0 bridgehead atoms. The molecule has 1 aromatic heterocycles. The largest absolute Gasteiger partial charge is 0.322 e.